The van der Waals surface area contributed by atoms with Crippen molar-refractivity contribution < 1.29 is 14.5 Å². The van der Waals surface area contributed by atoms with Crippen LogP contribution in [0.25, 0.3) is 0 Å². The quantitative estimate of drug-likeness (QED) is 0.670. The zero-order valence-corrected chi connectivity index (χ0v) is 14.3. The summed E-state index contributed by atoms with van der Waals surface area (Å²) in [6, 6.07) is 4.31. The summed E-state index contributed by atoms with van der Waals surface area (Å²) in [4.78, 5) is 24.8. The lowest BCUT2D eigenvalue weighted by molar-refractivity contribution is -0.385. The molecule has 8 heteroatoms. The third-order valence-corrected chi connectivity index (χ3v) is 4.22. The predicted octanol–water partition coefficient (Wildman–Crippen LogP) is 2.22. The SMILES string of the molecule is COc1ccc(C(=O)N2CCC(N)C(C)(C)C2)cc1[N+](=O)[O-].Cl. The largest absolute Gasteiger partial charge is 0.490 e. The standard InChI is InChI=1S/C15H21N3O4.ClH/c1-15(2)9-17(7-6-13(15)16)14(19)10-4-5-12(22-3)11(8-10)18(20)21;/h4-5,8,13H,6-7,9,16H2,1-3H3;1H. The van der Waals surface area contributed by atoms with Gasteiger partial charge in [-0.05, 0) is 24.0 Å². The number of benzene rings is 1. The van der Waals surface area contributed by atoms with E-state index >= 15 is 0 Å². The van der Waals surface area contributed by atoms with Crippen molar-refractivity contribution in [1.82, 2.24) is 4.90 Å². The Hall–Kier alpha value is -1.86. The molecule has 0 saturated carbocycles. The van der Waals surface area contributed by atoms with Gasteiger partial charge < -0.3 is 15.4 Å². The number of nitro groups is 1. The highest BCUT2D eigenvalue weighted by molar-refractivity contribution is 5.95. The average molecular weight is 344 g/mol. The number of nitrogens with two attached hydrogens (primary N) is 1. The van der Waals surface area contributed by atoms with E-state index in [4.69, 9.17) is 10.5 Å². The molecule has 1 fully saturated rings. The van der Waals surface area contributed by atoms with Gasteiger partial charge in [-0.2, -0.15) is 0 Å². The third-order valence-electron chi connectivity index (χ3n) is 4.22. The van der Waals surface area contributed by atoms with Crippen molar-refractivity contribution in [3.63, 3.8) is 0 Å². The van der Waals surface area contributed by atoms with Crippen molar-refractivity contribution in [3.8, 4) is 5.75 Å². The predicted molar refractivity (Wildman–Crippen MR) is 89.2 cm³/mol. The van der Waals surface area contributed by atoms with Gasteiger partial charge in [0.2, 0.25) is 0 Å². The highest BCUT2D eigenvalue weighted by atomic mass is 35.5. The lowest BCUT2D eigenvalue weighted by Gasteiger charge is -2.42. The van der Waals surface area contributed by atoms with Gasteiger partial charge in [0.1, 0.15) is 0 Å². The summed E-state index contributed by atoms with van der Waals surface area (Å²) in [6.07, 6.45) is 0.719. The molecule has 2 N–H and O–H groups in total. The molecule has 128 valence electrons. The molecule has 1 atom stereocenters. The fourth-order valence-corrected chi connectivity index (χ4v) is 2.70. The molecule has 1 unspecified atom stereocenters. The van der Waals surface area contributed by atoms with Crippen LogP contribution in [-0.2, 0) is 0 Å². The van der Waals surface area contributed by atoms with E-state index in [2.05, 4.69) is 0 Å². The summed E-state index contributed by atoms with van der Waals surface area (Å²) in [5, 5.41) is 11.1. The Morgan fingerprint density at radius 3 is 2.65 bits per heavy atom. The van der Waals surface area contributed by atoms with Gasteiger partial charge in [0.25, 0.3) is 5.91 Å². The minimum atomic E-state index is -0.550. The van der Waals surface area contributed by atoms with Crippen molar-refractivity contribution >= 4 is 24.0 Å². The minimum absolute atomic E-state index is 0. The minimum Gasteiger partial charge on any atom is -0.490 e. The van der Waals surface area contributed by atoms with Crippen molar-refractivity contribution in [2.45, 2.75) is 26.3 Å². The molecule has 0 aromatic heterocycles. The smallest absolute Gasteiger partial charge is 0.311 e. The summed E-state index contributed by atoms with van der Waals surface area (Å²) in [5.74, 6) is -0.0757. The molecule has 0 aliphatic carbocycles. The van der Waals surface area contributed by atoms with Crippen LogP contribution < -0.4 is 10.5 Å². The summed E-state index contributed by atoms with van der Waals surface area (Å²) in [6.45, 7) is 5.14. The highest BCUT2D eigenvalue weighted by Crippen LogP contribution is 2.31. The number of piperidine rings is 1. The fraction of sp³-hybridized carbons (Fsp3) is 0.533. The summed E-state index contributed by atoms with van der Waals surface area (Å²) < 4.78 is 4.95. The first-order valence-corrected chi connectivity index (χ1v) is 7.13. The van der Waals surface area contributed by atoms with E-state index in [1.807, 2.05) is 13.8 Å². The molecule has 1 heterocycles. The molecule has 0 bridgehead atoms. The number of hydrogen-bond donors (Lipinski definition) is 1. The van der Waals surface area contributed by atoms with Gasteiger partial charge in [0.05, 0.1) is 12.0 Å². The molecular formula is C15H22ClN3O4. The van der Waals surface area contributed by atoms with Crippen molar-refractivity contribution in [3.05, 3.63) is 33.9 Å². The Balaban J connectivity index is 0.00000264. The maximum absolute atomic E-state index is 12.6. The number of amides is 1. The first kappa shape index (κ1) is 19.2. The second-order valence-electron chi connectivity index (χ2n) is 6.25. The average Bonchev–Trinajstić information content (AvgIpc) is 2.48. The fourth-order valence-electron chi connectivity index (χ4n) is 2.70. The zero-order chi connectivity index (χ0) is 16.5. The maximum atomic E-state index is 12.6. The van der Waals surface area contributed by atoms with Crippen LogP contribution in [0.2, 0.25) is 0 Å². The molecule has 2 rings (SSSR count). The Morgan fingerprint density at radius 2 is 2.13 bits per heavy atom. The number of nitro benzene ring substituents is 1. The lowest BCUT2D eigenvalue weighted by Crippen LogP contribution is -2.54. The molecule has 1 aliphatic heterocycles. The van der Waals surface area contributed by atoms with E-state index in [-0.39, 0.29) is 41.2 Å². The topological polar surface area (TPSA) is 98.7 Å². The summed E-state index contributed by atoms with van der Waals surface area (Å²) >= 11 is 0. The first-order valence-electron chi connectivity index (χ1n) is 7.13. The van der Waals surface area contributed by atoms with E-state index in [9.17, 15) is 14.9 Å². The van der Waals surface area contributed by atoms with Crippen molar-refractivity contribution in [2.75, 3.05) is 20.2 Å². The normalized spacial score (nSPS) is 19.7. The van der Waals surface area contributed by atoms with Gasteiger partial charge in [-0.1, -0.05) is 13.8 Å². The molecule has 1 aromatic rings. The number of likely N-dealkylation sites (tertiary alicyclic amines) is 1. The summed E-state index contributed by atoms with van der Waals surface area (Å²) in [7, 11) is 1.36. The van der Waals surface area contributed by atoms with Crippen LogP contribution in [0, 0.1) is 15.5 Å². The molecule has 1 aliphatic rings. The van der Waals surface area contributed by atoms with Gasteiger partial charge in [-0.25, -0.2) is 0 Å². The van der Waals surface area contributed by atoms with E-state index < -0.39 is 4.92 Å². The van der Waals surface area contributed by atoms with Crippen LogP contribution in [0.15, 0.2) is 18.2 Å². The monoisotopic (exact) mass is 343 g/mol. The summed E-state index contributed by atoms with van der Waals surface area (Å²) in [5.41, 5.74) is 5.98. The first-order chi connectivity index (χ1) is 10.3. The number of carbonyl (C=O) groups excluding carboxylic acids is 1. The number of nitrogens with zero attached hydrogens (tertiary/aromatic N) is 2. The number of carbonyl (C=O) groups is 1. The van der Waals surface area contributed by atoms with Gasteiger partial charge >= 0.3 is 5.69 Å². The van der Waals surface area contributed by atoms with Gasteiger partial charge in [0.15, 0.2) is 5.75 Å². The Labute approximate surface area is 141 Å². The number of halogens is 1. The van der Waals surface area contributed by atoms with Crippen LogP contribution in [-0.4, -0.2) is 42.0 Å². The lowest BCUT2D eigenvalue weighted by atomic mass is 9.79. The Kier molecular flexibility index (Phi) is 5.96. The number of methoxy groups -OCH3 is 1. The van der Waals surface area contributed by atoms with Crippen molar-refractivity contribution in [2.24, 2.45) is 11.1 Å². The van der Waals surface area contributed by atoms with Gasteiger partial charge in [0, 0.05) is 30.8 Å². The van der Waals surface area contributed by atoms with E-state index in [0.29, 0.717) is 18.7 Å². The third kappa shape index (κ3) is 3.92. The van der Waals surface area contributed by atoms with Crippen LogP contribution in [0.1, 0.15) is 30.6 Å². The molecule has 1 amide bonds. The van der Waals surface area contributed by atoms with Crippen molar-refractivity contribution in [1.29, 1.82) is 0 Å². The van der Waals surface area contributed by atoms with E-state index in [0.717, 1.165) is 6.42 Å². The van der Waals surface area contributed by atoms with Gasteiger partial charge in [-0.15, -0.1) is 12.4 Å². The van der Waals surface area contributed by atoms with Crippen LogP contribution in [0.4, 0.5) is 5.69 Å². The number of ether oxygens (including phenoxy) is 1. The molecule has 7 nitrogen and oxygen atoms in total. The molecule has 23 heavy (non-hydrogen) atoms. The molecule has 1 aromatic carbocycles. The molecule has 0 radical (unpaired) electrons. The molecule has 0 spiro atoms. The van der Waals surface area contributed by atoms with Crippen LogP contribution in [0.5, 0.6) is 5.75 Å². The van der Waals surface area contributed by atoms with E-state index in [1.54, 1.807) is 11.0 Å². The van der Waals surface area contributed by atoms with Gasteiger partial charge in [-0.3, -0.25) is 14.9 Å². The second kappa shape index (κ2) is 7.14. The second-order valence-corrected chi connectivity index (χ2v) is 6.25. The highest BCUT2D eigenvalue weighted by Gasteiger charge is 2.36. The Morgan fingerprint density at radius 1 is 1.48 bits per heavy atom. The molecular weight excluding hydrogens is 322 g/mol. The van der Waals surface area contributed by atoms with Crippen LogP contribution in [0.3, 0.4) is 0 Å². The van der Waals surface area contributed by atoms with Crippen LogP contribution >= 0.6 is 12.4 Å². The van der Waals surface area contributed by atoms with E-state index in [1.165, 1.54) is 19.2 Å². The maximum Gasteiger partial charge on any atom is 0.311 e. The zero-order valence-electron chi connectivity index (χ0n) is 13.4. The number of rotatable bonds is 3. The number of hydrogen-bond acceptors (Lipinski definition) is 5. The Bertz CT molecular complexity index is 606. The molecule has 1 saturated heterocycles.